The maximum Gasteiger partial charge on any atom is 0.135 e. The molecule has 6 heteroatoms. The first-order valence-electron chi connectivity index (χ1n) is 12.4. The van der Waals surface area contributed by atoms with E-state index in [1.165, 1.54) is 23.9 Å². The van der Waals surface area contributed by atoms with Crippen molar-refractivity contribution in [3.63, 3.8) is 0 Å². The van der Waals surface area contributed by atoms with Gasteiger partial charge in [-0.1, -0.05) is 23.7 Å². The van der Waals surface area contributed by atoms with E-state index in [1.54, 1.807) is 0 Å². The number of aryl methyl sites for hydroxylation is 1. The number of allylic oxidation sites excluding steroid dienone is 1. The standard InChI is InChI=1S/C31H25N4O.Pt/c1-22-14-15-32-31(17-22)35-29-11-3-2-10-27(29)28-13-12-26(19-30(28)35)36-25-9-6-8-23(18-25)34-20-24-7-4-5-16-33(24)21-34;/h2-3,6,8-15,17,20-21H,4-5,7,16H2,1H3;/q-3;. The minimum absolute atomic E-state index is 0. The van der Waals surface area contributed by atoms with Gasteiger partial charge in [0.2, 0.25) is 0 Å². The average molecular weight is 665 g/mol. The monoisotopic (exact) mass is 664 g/mol. The summed E-state index contributed by atoms with van der Waals surface area (Å²) in [7, 11) is 0. The van der Waals surface area contributed by atoms with E-state index in [0.29, 0.717) is 11.5 Å². The smallest absolute Gasteiger partial charge is 0.135 e. The van der Waals surface area contributed by atoms with Crippen LogP contribution in [-0.2, 0) is 21.1 Å². The predicted molar refractivity (Wildman–Crippen MR) is 143 cm³/mol. The van der Waals surface area contributed by atoms with Crippen molar-refractivity contribution < 1.29 is 25.8 Å². The molecule has 0 aliphatic carbocycles. The number of benzene rings is 3. The van der Waals surface area contributed by atoms with Gasteiger partial charge in [0.1, 0.15) is 5.82 Å². The van der Waals surface area contributed by atoms with Gasteiger partial charge in [-0.25, -0.2) is 4.98 Å². The molecule has 37 heavy (non-hydrogen) atoms. The van der Waals surface area contributed by atoms with Crippen LogP contribution in [0.1, 0.15) is 24.8 Å². The van der Waals surface area contributed by atoms with Crippen LogP contribution >= 0.6 is 0 Å². The van der Waals surface area contributed by atoms with Gasteiger partial charge >= 0.3 is 0 Å². The van der Waals surface area contributed by atoms with Crippen molar-refractivity contribution in [2.45, 2.75) is 26.2 Å². The number of nitrogens with zero attached hydrogens (tertiary/aromatic N) is 4. The van der Waals surface area contributed by atoms with Gasteiger partial charge in [-0.2, -0.15) is 18.8 Å². The fourth-order valence-electron chi connectivity index (χ4n) is 5.20. The van der Waals surface area contributed by atoms with Crippen LogP contribution in [0.5, 0.6) is 11.5 Å². The second-order valence-electron chi connectivity index (χ2n) is 9.42. The Bertz CT molecular complexity index is 1640. The molecule has 0 radical (unpaired) electrons. The summed E-state index contributed by atoms with van der Waals surface area (Å²) in [5.41, 5.74) is 5.54. The van der Waals surface area contributed by atoms with Gasteiger partial charge in [0.05, 0.1) is 0 Å². The molecule has 0 spiro atoms. The molecule has 0 saturated carbocycles. The minimum Gasteiger partial charge on any atom is -0.509 e. The van der Waals surface area contributed by atoms with Crippen molar-refractivity contribution in [1.29, 1.82) is 0 Å². The fraction of sp³-hybridized carbons (Fsp3) is 0.161. The summed E-state index contributed by atoms with van der Waals surface area (Å²) in [6.07, 6.45) is 7.68. The number of ether oxygens (including phenoxy) is 1. The molecule has 5 aromatic rings. The van der Waals surface area contributed by atoms with Gasteiger partial charge in [-0.05, 0) is 73.8 Å². The Morgan fingerprint density at radius 3 is 2.70 bits per heavy atom. The van der Waals surface area contributed by atoms with Gasteiger partial charge in [-0.15, -0.1) is 41.4 Å². The number of fused-ring (bicyclic) bond motifs is 4. The SMILES string of the molecule is Cc1ccnc(-n2c3[c-]c(Oc4[c-]c(N5C=C6CCCCN6[CH-]5)ccc4)ccc3c3ccccc32)c1.[Pt]. The fourth-order valence-corrected chi connectivity index (χ4v) is 5.20. The van der Waals surface area contributed by atoms with Crippen molar-refractivity contribution in [2.24, 2.45) is 0 Å². The van der Waals surface area contributed by atoms with E-state index in [2.05, 4.69) is 93.7 Å². The quantitative estimate of drug-likeness (QED) is 0.191. The Morgan fingerprint density at radius 2 is 1.81 bits per heavy atom. The van der Waals surface area contributed by atoms with Crippen molar-refractivity contribution in [2.75, 3.05) is 11.4 Å². The number of aromatic nitrogens is 2. The molecular weight excluding hydrogens is 639 g/mol. The third kappa shape index (κ3) is 4.32. The van der Waals surface area contributed by atoms with Gasteiger partial charge < -0.3 is 19.1 Å². The molecule has 0 bridgehead atoms. The summed E-state index contributed by atoms with van der Waals surface area (Å²) in [5, 5.41) is 2.29. The van der Waals surface area contributed by atoms with E-state index < -0.39 is 0 Å². The number of piperidine rings is 1. The first-order valence-corrected chi connectivity index (χ1v) is 12.4. The molecular formula is C31H25N4OPt-3. The van der Waals surface area contributed by atoms with Gasteiger partial charge in [0.25, 0.3) is 0 Å². The van der Waals surface area contributed by atoms with E-state index in [0.717, 1.165) is 46.5 Å². The molecule has 3 aromatic carbocycles. The predicted octanol–water partition coefficient (Wildman–Crippen LogP) is 7.14. The largest absolute Gasteiger partial charge is 0.509 e. The molecule has 2 aliphatic heterocycles. The molecule has 1 saturated heterocycles. The molecule has 2 aliphatic rings. The number of rotatable bonds is 4. The van der Waals surface area contributed by atoms with Crippen molar-refractivity contribution >= 4 is 27.5 Å². The Kier molecular flexibility index (Phi) is 6.25. The van der Waals surface area contributed by atoms with Crippen LogP contribution in [0.3, 0.4) is 0 Å². The zero-order valence-electron chi connectivity index (χ0n) is 20.4. The Morgan fingerprint density at radius 1 is 0.919 bits per heavy atom. The van der Waals surface area contributed by atoms with Crippen LogP contribution in [0, 0.1) is 25.7 Å². The molecule has 0 amide bonds. The number of para-hydroxylation sites is 1. The normalized spacial score (nSPS) is 15.0. The van der Waals surface area contributed by atoms with Gasteiger partial charge in [0.15, 0.2) is 0 Å². The van der Waals surface area contributed by atoms with Crippen LogP contribution in [0.15, 0.2) is 84.8 Å². The molecule has 7 rings (SSSR count). The molecule has 4 heterocycles. The Hall–Kier alpha value is -3.56. The first kappa shape index (κ1) is 23.8. The second kappa shape index (κ2) is 9.72. The van der Waals surface area contributed by atoms with E-state index in [-0.39, 0.29) is 21.1 Å². The molecule has 0 unspecified atom stereocenters. The zero-order chi connectivity index (χ0) is 24.1. The number of hydrogen-bond acceptors (Lipinski definition) is 4. The van der Waals surface area contributed by atoms with Crippen LogP contribution in [0.4, 0.5) is 5.69 Å². The molecule has 5 nitrogen and oxygen atoms in total. The maximum atomic E-state index is 6.30. The second-order valence-corrected chi connectivity index (χ2v) is 9.42. The third-order valence-corrected chi connectivity index (χ3v) is 6.94. The number of pyridine rings is 1. The maximum absolute atomic E-state index is 6.30. The first-order chi connectivity index (χ1) is 17.7. The van der Waals surface area contributed by atoms with Crippen molar-refractivity contribution in [1.82, 2.24) is 14.5 Å². The van der Waals surface area contributed by atoms with Crippen molar-refractivity contribution in [3.8, 4) is 17.3 Å². The van der Waals surface area contributed by atoms with Crippen LogP contribution in [-0.4, -0.2) is 21.0 Å². The topological polar surface area (TPSA) is 33.5 Å². The van der Waals surface area contributed by atoms with Gasteiger partial charge in [-0.3, -0.25) is 0 Å². The minimum atomic E-state index is 0. The van der Waals surface area contributed by atoms with Crippen molar-refractivity contribution in [3.05, 3.63) is 109 Å². The molecule has 2 aromatic heterocycles. The number of anilines is 1. The summed E-state index contributed by atoms with van der Waals surface area (Å²) >= 11 is 0. The van der Waals surface area contributed by atoms with E-state index >= 15 is 0 Å². The summed E-state index contributed by atoms with van der Waals surface area (Å²) < 4.78 is 8.46. The van der Waals surface area contributed by atoms with Crippen LogP contribution < -0.4 is 9.64 Å². The summed E-state index contributed by atoms with van der Waals surface area (Å²) in [6.45, 7) is 5.33. The van der Waals surface area contributed by atoms with Gasteiger partial charge in [0, 0.05) is 44.3 Å². The third-order valence-electron chi connectivity index (χ3n) is 6.94. The summed E-state index contributed by atoms with van der Waals surface area (Å²) in [4.78, 5) is 9.14. The zero-order valence-corrected chi connectivity index (χ0v) is 22.7. The molecule has 0 N–H and O–H groups in total. The molecule has 0 atom stereocenters. The van der Waals surface area contributed by atoms with E-state index in [4.69, 9.17) is 4.74 Å². The summed E-state index contributed by atoms with van der Waals surface area (Å²) in [6, 6.07) is 29.6. The average Bonchev–Trinajstić information content (AvgIpc) is 3.48. The van der Waals surface area contributed by atoms with E-state index in [1.807, 2.05) is 30.5 Å². The Labute approximate surface area is 231 Å². The summed E-state index contributed by atoms with van der Waals surface area (Å²) in [5.74, 6) is 2.18. The van der Waals surface area contributed by atoms with Crippen LogP contribution in [0.2, 0.25) is 0 Å². The molecule has 188 valence electrons. The van der Waals surface area contributed by atoms with Crippen LogP contribution in [0.25, 0.3) is 27.6 Å². The Balaban J connectivity index is 0.00000252. The van der Waals surface area contributed by atoms with E-state index in [9.17, 15) is 0 Å². The number of hydrogen-bond donors (Lipinski definition) is 0. The molecule has 1 fully saturated rings.